The summed E-state index contributed by atoms with van der Waals surface area (Å²) in [5, 5.41) is 4.83. The van der Waals surface area contributed by atoms with Gasteiger partial charge in [-0.15, -0.1) is 0 Å². The van der Waals surface area contributed by atoms with Crippen molar-refractivity contribution in [3.8, 4) is 0 Å². The fourth-order valence-corrected chi connectivity index (χ4v) is 2.21. The van der Waals surface area contributed by atoms with Gasteiger partial charge in [-0.2, -0.15) is 26.3 Å². The van der Waals surface area contributed by atoms with Gasteiger partial charge in [0.15, 0.2) is 0 Å². The highest BCUT2D eigenvalue weighted by Gasteiger charge is 2.37. The molecule has 0 bridgehead atoms. The summed E-state index contributed by atoms with van der Waals surface area (Å²) >= 11 is 0. The van der Waals surface area contributed by atoms with Gasteiger partial charge in [0.05, 0.1) is 11.1 Å². The Bertz CT molecular complexity index is 870. The van der Waals surface area contributed by atoms with E-state index in [2.05, 4.69) is 10.6 Å². The zero-order valence-electron chi connectivity index (χ0n) is 15.2. The summed E-state index contributed by atoms with van der Waals surface area (Å²) in [6, 6.07) is 6.22. The van der Waals surface area contributed by atoms with Crippen LogP contribution in [0.3, 0.4) is 0 Å². The van der Waals surface area contributed by atoms with Crippen molar-refractivity contribution in [3.05, 3.63) is 59.2 Å². The minimum Gasteiger partial charge on any atom is -0.326 e. The Labute approximate surface area is 161 Å². The maximum Gasteiger partial charge on any atom is 0.416 e. The van der Waals surface area contributed by atoms with Crippen LogP contribution in [0, 0.1) is 5.92 Å². The van der Waals surface area contributed by atoms with Crippen molar-refractivity contribution in [1.29, 1.82) is 0 Å². The lowest BCUT2D eigenvalue weighted by Crippen LogP contribution is -2.18. The second-order valence-corrected chi connectivity index (χ2v) is 6.47. The molecule has 0 heterocycles. The van der Waals surface area contributed by atoms with Crippen LogP contribution in [0.2, 0.25) is 0 Å². The van der Waals surface area contributed by atoms with E-state index in [9.17, 15) is 35.9 Å². The minimum absolute atomic E-state index is 0.0526. The van der Waals surface area contributed by atoms with Crippen molar-refractivity contribution in [2.45, 2.75) is 26.2 Å². The van der Waals surface area contributed by atoms with Crippen LogP contribution in [0.4, 0.5) is 37.7 Å². The molecular formula is C19H16F6N2O2. The van der Waals surface area contributed by atoms with Gasteiger partial charge < -0.3 is 10.6 Å². The van der Waals surface area contributed by atoms with Crippen molar-refractivity contribution < 1.29 is 35.9 Å². The highest BCUT2D eigenvalue weighted by molar-refractivity contribution is 6.04. The van der Waals surface area contributed by atoms with E-state index in [4.69, 9.17) is 0 Å². The number of rotatable bonds is 4. The van der Waals surface area contributed by atoms with E-state index >= 15 is 0 Å². The zero-order valence-corrected chi connectivity index (χ0v) is 15.2. The summed E-state index contributed by atoms with van der Waals surface area (Å²) in [4.78, 5) is 23.8. The molecule has 0 aliphatic heterocycles. The number of carbonyl (C=O) groups is 2. The summed E-state index contributed by atoms with van der Waals surface area (Å²) < 4.78 is 77.4. The standard InChI is InChI=1S/C19H16F6N2O2/c1-10(2)16(28)26-14-3-5-15(6-4-14)27-17(29)11-7-12(18(20,21)22)9-13(8-11)19(23,24)25/h3-10H,1-2H3,(H,26,28)(H,27,29). The summed E-state index contributed by atoms with van der Waals surface area (Å²) in [5.41, 5.74) is -3.40. The average molecular weight is 418 g/mol. The molecule has 0 unspecified atom stereocenters. The second kappa shape index (κ2) is 8.14. The molecule has 2 aromatic carbocycles. The Morgan fingerprint density at radius 3 is 1.55 bits per heavy atom. The summed E-state index contributed by atoms with van der Waals surface area (Å²) in [7, 11) is 0. The minimum atomic E-state index is -5.05. The quantitative estimate of drug-likeness (QED) is 0.638. The van der Waals surface area contributed by atoms with Gasteiger partial charge in [-0.25, -0.2) is 0 Å². The number of benzene rings is 2. The smallest absolute Gasteiger partial charge is 0.326 e. The molecule has 0 saturated heterocycles. The van der Waals surface area contributed by atoms with Gasteiger partial charge in [0.2, 0.25) is 5.91 Å². The van der Waals surface area contributed by atoms with Crippen LogP contribution in [0.5, 0.6) is 0 Å². The third-order valence-corrected chi connectivity index (χ3v) is 3.78. The van der Waals surface area contributed by atoms with Crippen LogP contribution >= 0.6 is 0 Å². The number of carbonyl (C=O) groups excluding carboxylic acids is 2. The molecule has 0 fully saturated rings. The van der Waals surface area contributed by atoms with Gasteiger partial charge in [0.1, 0.15) is 0 Å². The first kappa shape index (κ1) is 22.3. The van der Waals surface area contributed by atoms with E-state index in [0.29, 0.717) is 17.8 Å². The largest absolute Gasteiger partial charge is 0.416 e. The normalized spacial score (nSPS) is 12.0. The van der Waals surface area contributed by atoms with E-state index in [-0.39, 0.29) is 23.6 Å². The Hall–Kier alpha value is -3.04. The number of amides is 2. The molecule has 0 saturated carbocycles. The van der Waals surface area contributed by atoms with E-state index in [1.165, 1.54) is 24.3 Å². The number of alkyl halides is 6. The third-order valence-electron chi connectivity index (χ3n) is 3.78. The first-order valence-electron chi connectivity index (χ1n) is 8.29. The number of hydrogen-bond acceptors (Lipinski definition) is 2. The number of nitrogens with one attached hydrogen (secondary N) is 2. The fourth-order valence-electron chi connectivity index (χ4n) is 2.21. The topological polar surface area (TPSA) is 58.2 Å². The van der Waals surface area contributed by atoms with Crippen LogP contribution in [0.15, 0.2) is 42.5 Å². The molecule has 0 aliphatic carbocycles. The lowest BCUT2D eigenvalue weighted by atomic mass is 10.0. The van der Waals surface area contributed by atoms with Gasteiger partial charge in [-0.3, -0.25) is 9.59 Å². The Morgan fingerprint density at radius 2 is 1.17 bits per heavy atom. The van der Waals surface area contributed by atoms with Crippen LogP contribution in [-0.2, 0) is 17.1 Å². The van der Waals surface area contributed by atoms with Gasteiger partial charge >= 0.3 is 12.4 Å². The van der Waals surface area contributed by atoms with Gasteiger partial charge in [-0.05, 0) is 42.5 Å². The predicted molar refractivity (Wildman–Crippen MR) is 94.3 cm³/mol. The summed E-state index contributed by atoms with van der Waals surface area (Å²) in [6.45, 7) is 3.38. The molecule has 0 atom stereocenters. The Morgan fingerprint density at radius 1 is 0.759 bits per heavy atom. The number of anilines is 2. The Balaban J connectivity index is 2.25. The van der Waals surface area contributed by atoms with Gasteiger partial charge in [-0.1, -0.05) is 13.8 Å². The lowest BCUT2D eigenvalue weighted by Gasteiger charge is -2.14. The SMILES string of the molecule is CC(C)C(=O)Nc1ccc(NC(=O)c2cc(C(F)(F)F)cc(C(F)(F)F)c2)cc1. The second-order valence-electron chi connectivity index (χ2n) is 6.47. The zero-order chi connectivity index (χ0) is 22.0. The number of hydrogen-bond donors (Lipinski definition) is 2. The Kier molecular flexibility index (Phi) is 6.24. The van der Waals surface area contributed by atoms with E-state index < -0.39 is 35.0 Å². The molecule has 2 rings (SSSR count). The molecule has 2 N–H and O–H groups in total. The molecule has 0 spiro atoms. The molecular weight excluding hydrogens is 402 g/mol. The number of halogens is 6. The molecule has 0 radical (unpaired) electrons. The molecule has 0 aliphatic rings. The van der Waals surface area contributed by atoms with Crippen molar-refractivity contribution in [2.75, 3.05) is 10.6 Å². The van der Waals surface area contributed by atoms with Crippen LogP contribution in [-0.4, -0.2) is 11.8 Å². The maximum atomic E-state index is 12.9. The lowest BCUT2D eigenvalue weighted by molar-refractivity contribution is -0.143. The molecule has 4 nitrogen and oxygen atoms in total. The van der Waals surface area contributed by atoms with Crippen LogP contribution < -0.4 is 10.6 Å². The summed E-state index contributed by atoms with van der Waals surface area (Å²) in [5.74, 6) is -1.65. The first-order chi connectivity index (χ1) is 13.3. The van der Waals surface area contributed by atoms with Crippen molar-refractivity contribution in [2.24, 2.45) is 5.92 Å². The van der Waals surface area contributed by atoms with Crippen LogP contribution in [0.25, 0.3) is 0 Å². The fraction of sp³-hybridized carbons (Fsp3) is 0.263. The average Bonchev–Trinajstić information content (AvgIpc) is 2.61. The molecule has 2 amide bonds. The maximum absolute atomic E-state index is 12.9. The predicted octanol–water partition coefficient (Wildman–Crippen LogP) is 5.57. The molecule has 156 valence electrons. The van der Waals surface area contributed by atoms with Gasteiger partial charge in [0.25, 0.3) is 5.91 Å². The van der Waals surface area contributed by atoms with Crippen molar-refractivity contribution in [1.82, 2.24) is 0 Å². The van der Waals surface area contributed by atoms with E-state index in [0.717, 1.165) is 0 Å². The molecule has 0 aromatic heterocycles. The first-order valence-corrected chi connectivity index (χ1v) is 8.29. The molecule has 29 heavy (non-hydrogen) atoms. The highest BCUT2D eigenvalue weighted by Crippen LogP contribution is 2.36. The third kappa shape index (κ3) is 5.97. The van der Waals surface area contributed by atoms with Gasteiger partial charge in [0, 0.05) is 22.9 Å². The highest BCUT2D eigenvalue weighted by atomic mass is 19.4. The van der Waals surface area contributed by atoms with Crippen molar-refractivity contribution >= 4 is 23.2 Å². The van der Waals surface area contributed by atoms with Crippen molar-refractivity contribution in [3.63, 3.8) is 0 Å². The van der Waals surface area contributed by atoms with E-state index in [1.54, 1.807) is 13.8 Å². The molecule has 10 heteroatoms. The van der Waals surface area contributed by atoms with E-state index in [1.807, 2.05) is 0 Å². The summed E-state index contributed by atoms with van der Waals surface area (Å²) in [6.07, 6.45) is -10.1. The van der Waals surface area contributed by atoms with Crippen LogP contribution in [0.1, 0.15) is 35.3 Å². The monoisotopic (exact) mass is 418 g/mol. The molecule has 2 aromatic rings.